The van der Waals surface area contributed by atoms with Gasteiger partial charge in [-0.1, -0.05) is 30.2 Å². The van der Waals surface area contributed by atoms with Crippen LogP contribution in [0.15, 0.2) is 42.0 Å². The van der Waals surface area contributed by atoms with E-state index < -0.39 is 0 Å². The summed E-state index contributed by atoms with van der Waals surface area (Å²) in [5.41, 5.74) is 3.39. The molecule has 4 nitrogen and oxygen atoms in total. The first-order valence-electron chi connectivity index (χ1n) is 11.9. The lowest BCUT2D eigenvalue weighted by Gasteiger charge is -2.39. The topological polar surface area (TPSA) is 32.3 Å². The first kappa shape index (κ1) is 20.6. The second-order valence-electron chi connectivity index (χ2n) is 10.7. The van der Waals surface area contributed by atoms with Crippen LogP contribution in [0.2, 0.25) is 5.02 Å². The Bertz CT molecular complexity index is 1050. The molecule has 1 saturated carbocycles. The van der Waals surface area contributed by atoms with Crippen LogP contribution in [0.5, 0.6) is 0 Å². The molecule has 168 valence electrons. The molecule has 1 aromatic carbocycles. The molecule has 6 rings (SSSR count). The smallest absolute Gasteiger partial charge is 0.151 e. The molecule has 1 aromatic heterocycles. The molecule has 0 spiro atoms. The number of allylic oxidation sites excluding steroid dienone is 2. The number of likely N-dealkylation sites (tertiary alicyclic amines) is 1. The standard InChI is InChI=1S/C26H30ClFN4/c1-17-10-18-6-8-26(12-17,13-18)16-31-14-19-7-9-32(24(19)15-31)25-5-4-23(29-30-25)21-11-20(28)2-3-22(21)27/h2-6,11,17,19,24H,7-10,12-16H2,1H3. The third-order valence-corrected chi connectivity index (χ3v) is 8.48. The van der Waals surface area contributed by atoms with E-state index in [9.17, 15) is 4.39 Å². The van der Waals surface area contributed by atoms with E-state index in [0.717, 1.165) is 24.8 Å². The Morgan fingerprint density at radius 2 is 2.09 bits per heavy atom. The number of rotatable bonds is 4. The van der Waals surface area contributed by atoms with Gasteiger partial charge in [0.05, 0.1) is 10.7 Å². The molecule has 0 amide bonds. The van der Waals surface area contributed by atoms with Crippen LogP contribution in [0, 0.1) is 23.1 Å². The summed E-state index contributed by atoms with van der Waals surface area (Å²) in [7, 11) is 0. The normalized spacial score (nSPS) is 31.8. The number of aromatic nitrogens is 2. The Kier molecular flexibility index (Phi) is 5.03. The molecule has 2 aromatic rings. The number of anilines is 1. The highest BCUT2D eigenvalue weighted by Gasteiger charge is 2.46. The largest absolute Gasteiger partial charge is 0.351 e. The van der Waals surface area contributed by atoms with E-state index in [2.05, 4.69) is 33.0 Å². The van der Waals surface area contributed by atoms with Gasteiger partial charge < -0.3 is 9.80 Å². The number of hydrogen-bond donors (Lipinski definition) is 0. The fraction of sp³-hybridized carbons (Fsp3) is 0.538. The number of benzene rings is 1. The fourth-order valence-electron chi connectivity index (χ4n) is 6.99. The zero-order valence-corrected chi connectivity index (χ0v) is 19.4. The van der Waals surface area contributed by atoms with Crippen molar-refractivity contribution in [3.63, 3.8) is 0 Å². The molecular weight excluding hydrogens is 423 g/mol. The average Bonchev–Trinajstić information content (AvgIpc) is 3.42. The fourth-order valence-corrected chi connectivity index (χ4v) is 7.21. The van der Waals surface area contributed by atoms with Crippen molar-refractivity contribution in [2.24, 2.45) is 17.3 Å². The van der Waals surface area contributed by atoms with Crippen LogP contribution in [0.3, 0.4) is 0 Å². The van der Waals surface area contributed by atoms with Gasteiger partial charge in [0.2, 0.25) is 0 Å². The zero-order valence-electron chi connectivity index (χ0n) is 18.6. The summed E-state index contributed by atoms with van der Waals surface area (Å²) in [5, 5.41) is 9.41. The van der Waals surface area contributed by atoms with Gasteiger partial charge in [-0.25, -0.2) is 4.39 Å². The van der Waals surface area contributed by atoms with Crippen molar-refractivity contribution in [3.8, 4) is 11.3 Å². The van der Waals surface area contributed by atoms with E-state index in [1.165, 1.54) is 57.3 Å². The third kappa shape index (κ3) is 3.63. The van der Waals surface area contributed by atoms with Crippen molar-refractivity contribution in [1.29, 1.82) is 0 Å². The Labute approximate surface area is 194 Å². The number of halogens is 2. The van der Waals surface area contributed by atoms with Gasteiger partial charge in [-0.3, -0.25) is 0 Å². The predicted molar refractivity (Wildman–Crippen MR) is 126 cm³/mol. The van der Waals surface area contributed by atoms with Gasteiger partial charge in [-0.15, -0.1) is 10.2 Å². The third-order valence-electron chi connectivity index (χ3n) is 8.15. The molecule has 2 saturated heterocycles. The van der Waals surface area contributed by atoms with Gasteiger partial charge in [-0.05, 0) is 79.7 Å². The highest BCUT2D eigenvalue weighted by atomic mass is 35.5. The molecule has 4 atom stereocenters. The molecular formula is C26H30ClFN4. The molecule has 32 heavy (non-hydrogen) atoms. The SMILES string of the molecule is CC1CC2=CCC(CN3CC4CCN(c5ccc(-c6cc(F)ccc6Cl)nn5)C4C3)(C2)C1. The molecule has 4 aliphatic rings. The molecule has 6 heteroatoms. The second kappa shape index (κ2) is 7.81. The first-order valence-corrected chi connectivity index (χ1v) is 12.3. The van der Waals surface area contributed by atoms with Crippen LogP contribution in [-0.2, 0) is 0 Å². The Hall–Kier alpha value is -1.98. The summed E-state index contributed by atoms with van der Waals surface area (Å²) < 4.78 is 13.7. The van der Waals surface area contributed by atoms with E-state index in [0.29, 0.717) is 33.7 Å². The average molecular weight is 453 g/mol. The van der Waals surface area contributed by atoms with Gasteiger partial charge in [0, 0.05) is 37.8 Å². The van der Waals surface area contributed by atoms with Crippen molar-refractivity contribution >= 4 is 17.4 Å². The number of nitrogens with zero attached hydrogens (tertiary/aromatic N) is 4. The second-order valence-corrected chi connectivity index (χ2v) is 11.1. The molecule has 2 bridgehead atoms. The van der Waals surface area contributed by atoms with Gasteiger partial charge in [0.1, 0.15) is 5.82 Å². The number of fused-ring (bicyclic) bond motifs is 3. The summed E-state index contributed by atoms with van der Waals surface area (Å²) in [6, 6.07) is 8.79. The Morgan fingerprint density at radius 1 is 1.19 bits per heavy atom. The summed E-state index contributed by atoms with van der Waals surface area (Å²) in [5.74, 6) is 2.14. The molecule has 0 N–H and O–H groups in total. The van der Waals surface area contributed by atoms with Gasteiger partial charge in [0.15, 0.2) is 5.82 Å². The molecule has 0 radical (unpaired) electrons. The van der Waals surface area contributed by atoms with Crippen molar-refractivity contribution in [2.75, 3.05) is 31.1 Å². The lowest BCUT2D eigenvalue weighted by atomic mass is 9.71. The predicted octanol–water partition coefficient (Wildman–Crippen LogP) is 5.58. The van der Waals surface area contributed by atoms with Gasteiger partial charge in [-0.2, -0.15) is 0 Å². The lowest BCUT2D eigenvalue weighted by Crippen LogP contribution is -2.41. The summed E-state index contributed by atoms with van der Waals surface area (Å²) in [4.78, 5) is 5.17. The van der Waals surface area contributed by atoms with Crippen LogP contribution in [0.4, 0.5) is 10.2 Å². The summed E-state index contributed by atoms with van der Waals surface area (Å²) in [6.45, 7) is 7.02. The van der Waals surface area contributed by atoms with E-state index >= 15 is 0 Å². The maximum atomic E-state index is 13.7. The molecule has 2 aliphatic heterocycles. The van der Waals surface area contributed by atoms with E-state index in [4.69, 9.17) is 11.6 Å². The zero-order chi connectivity index (χ0) is 21.9. The van der Waals surface area contributed by atoms with Crippen LogP contribution in [0.1, 0.15) is 39.0 Å². The summed E-state index contributed by atoms with van der Waals surface area (Å²) in [6.07, 6.45) is 9.04. The molecule has 3 fully saturated rings. The lowest BCUT2D eigenvalue weighted by molar-refractivity contribution is 0.129. The molecule has 3 heterocycles. The minimum atomic E-state index is -0.319. The minimum Gasteiger partial charge on any atom is -0.351 e. The maximum Gasteiger partial charge on any atom is 0.151 e. The van der Waals surface area contributed by atoms with Gasteiger partial charge in [0.25, 0.3) is 0 Å². The first-order chi connectivity index (χ1) is 15.5. The minimum absolute atomic E-state index is 0.319. The highest BCUT2D eigenvalue weighted by Crippen LogP contribution is 2.51. The van der Waals surface area contributed by atoms with E-state index in [1.54, 1.807) is 11.6 Å². The molecule has 4 unspecified atom stereocenters. The van der Waals surface area contributed by atoms with Crippen molar-refractivity contribution in [1.82, 2.24) is 15.1 Å². The maximum absolute atomic E-state index is 13.7. The van der Waals surface area contributed by atoms with Crippen LogP contribution < -0.4 is 4.90 Å². The van der Waals surface area contributed by atoms with Crippen molar-refractivity contribution in [3.05, 3.63) is 52.8 Å². The molecule has 2 aliphatic carbocycles. The quantitative estimate of drug-likeness (QED) is 0.566. The summed E-state index contributed by atoms with van der Waals surface area (Å²) >= 11 is 6.25. The monoisotopic (exact) mass is 452 g/mol. The van der Waals surface area contributed by atoms with Crippen molar-refractivity contribution in [2.45, 2.75) is 45.1 Å². The van der Waals surface area contributed by atoms with Crippen molar-refractivity contribution < 1.29 is 4.39 Å². The van der Waals surface area contributed by atoms with Crippen LogP contribution in [0.25, 0.3) is 11.3 Å². The van der Waals surface area contributed by atoms with E-state index in [-0.39, 0.29) is 5.82 Å². The van der Waals surface area contributed by atoms with E-state index in [1.807, 2.05) is 12.1 Å². The van der Waals surface area contributed by atoms with Gasteiger partial charge >= 0.3 is 0 Å². The van der Waals surface area contributed by atoms with Crippen LogP contribution in [-0.4, -0.2) is 47.3 Å². The highest BCUT2D eigenvalue weighted by molar-refractivity contribution is 6.33. The number of hydrogen-bond acceptors (Lipinski definition) is 4. The Morgan fingerprint density at radius 3 is 2.94 bits per heavy atom. The Balaban J connectivity index is 1.15. The van der Waals surface area contributed by atoms with Crippen LogP contribution >= 0.6 is 11.6 Å².